The van der Waals surface area contributed by atoms with Crippen LogP contribution in [0, 0.1) is 6.92 Å². The van der Waals surface area contributed by atoms with Crippen molar-refractivity contribution < 1.29 is 17.2 Å². The SMILES string of the molecule is Cc1nn(C(F)F)cc1S(=O)(=O)n1cc(C2=CCN(C)CC2)c2ccccc21. The maximum Gasteiger partial charge on any atom is 0.333 e. The first-order valence-corrected chi connectivity index (χ1v) is 10.3. The van der Waals surface area contributed by atoms with Gasteiger partial charge in [-0.1, -0.05) is 24.3 Å². The molecule has 0 fully saturated rings. The lowest BCUT2D eigenvalue weighted by atomic mass is 9.99. The topological polar surface area (TPSA) is 60.1 Å². The van der Waals surface area contributed by atoms with Gasteiger partial charge in [-0.3, -0.25) is 0 Å². The number of fused-ring (bicyclic) bond motifs is 1. The van der Waals surface area contributed by atoms with Crippen molar-refractivity contribution in [3.8, 4) is 0 Å². The molecular formula is C19H20F2N4O2S. The van der Waals surface area contributed by atoms with Gasteiger partial charge < -0.3 is 4.90 Å². The van der Waals surface area contributed by atoms with Crippen LogP contribution < -0.4 is 0 Å². The molecule has 0 unspecified atom stereocenters. The second-order valence-corrected chi connectivity index (χ2v) is 8.72. The third-order valence-corrected chi connectivity index (χ3v) is 6.82. The summed E-state index contributed by atoms with van der Waals surface area (Å²) in [5.74, 6) is 0. The summed E-state index contributed by atoms with van der Waals surface area (Å²) in [4.78, 5) is 1.96. The molecule has 0 aliphatic carbocycles. The highest BCUT2D eigenvalue weighted by atomic mass is 32.2. The van der Waals surface area contributed by atoms with Crippen molar-refractivity contribution >= 4 is 26.5 Å². The van der Waals surface area contributed by atoms with Crippen molar-refractivity contribution in [3.05, 3.63) is 54.0 Å². The smallest absolute Gasteiger partial charge is 0.302 e. The Hall–Kier alpha value is -2.52. The van der Waals surface area contributed by atoms with Crippen LogP contribution in [0.2, 0.25) is 0 Å². The number of likely N-dealkylation sites (N-methyl/N-ethyl adjacent to an activating group) is 1. The summed E-state index contributed by atoms with van der Waals surface area (Å²) < 4.78 is 54.1. The number of aryl methyl sites for hydroxylation is 1. The summed E-state index contributed by atoms with van der Waals surface area (Å²) in [6.45, 7) is 0.196. The minimum absolute atomic E-state index is 0.0399. The summed E-state index contributed by atoms with van der Waals surface area (Å²) in [6.07, 6.45) is 5.39. The van der Waals surface area contributed by atoms with Gasteiger partial charge in [0, 0.05) is 30.2 Å². The number of rotatable bonds is 4. The van der Waals surface area contributed by atoms with Crippen LogP contribution in [0.25, 0.3) is 16.5 Å². The predicted octanol–water partition coefficient (Wildman–Crippen LogP) is 3.50. The molecule has 0 radical (unpaired) electrons. The number of hydrogen-bond acceptors (Lipinski definition) is 4. The van der Waals surface area contributed by atoms with Gasteiger partial charge in [-0.2, -0.15) is 13.9 Å². The molecule has 0 N–H and O–H groups in total. The number of halogens is 2. The molecule has 3 aromatic rings. The van der Waals surface area contributed by atoms with Gasteiger partial charge in [-0.15, -0.1) is 0 Å². The molecule has 1 aromatic carbocycles. The monoisotopic (exact) mass is 406 g/mol. The summed E-state index contributed by atoms with van der Waals surface area (Å²) in [7, 11) is -2.04. The van der Waals surface area contributed by atoms with Crippen molar-refractivity contribution in [3.63, 3.8) is 0 Å². The maximum atomic E-state index is 13.3. The fourth-order valence-electron chi connectivity index (χ4n) is 3.54. The summed E-state index contributed by atoms with van der Waals surface area (Å²) >= 11 is 0. The predicted molar refractivity (Wildman–Crippen MR) is 103 cm³/mol. The van der Waals surface area contributed by atoms with E-state index in [1.54, 1.807) is 18.3 Å². The highest BCUT2D eigenvalue weighted by Gasteiger charge is 2.27. The quantitative estimate of drug-likeness (QED) is 0.665. The fraction of sp³-hybridized carbons (Fsp3) is 0.316. The zero-order chi connectivity index (χ0) is 20.1. The van der Waals surface area contributed by atoms with Crippen LogP contribution >= 0.6 is 0 Å². The van der Waals surface area contributed by atoms with Crippen molar-refractivity contribution in [2.45, 2.75) is 24.8 Å². The van der Waals surface area contributed by atoms with Crippen LogP contribution in [-0.2, 0) is 10.0 Å². The zero-order valence-corrected chi connectivity index (χ0v) is 16.3. The molecule has 0 atom stereocenters. The van der Waals surface area contributed by atoms with Gasteiger partial charge in [0.2, 0.25) is 0 Å². The van der Waals surface area contributed by atoms with Crippen molar-refractivity contribution in [1.82, 2.24) is 18.7 Å². The number of para-hydroxylation sites is 1. The van der Waals surface area contributed by atoms with Crippen molar-refractivity contribution in [2.24, 2.45) is 0 Å². The Morgan fingerprint density at radius 3 is 2.57 bits per heavy atom. The first-order chi connectivity index (χ1) is 13.3. The lowest BCUT2D eigenvalue weighted by Crippen LogP contribution is -2.23. The molecule has 4 rings (SSSR count). The fourth-order valence-corrected chi connectivity index (χ4v) is 5.07. The summed E-state index contributed by atoms with van der Waals surface area (Å²) in [5, 5.41) is 4.46. The zero-order valence-electron chi connectivity index (χ0n) is 15.5. The molecule has 6 nitrogen and oxygen atoms in total. The number of hydrogen-bond donors (Lipinski definition) is 0. The highest BCUT2D eigenvalue weighted by molar-refractivity contribution is 7.90. The highest BCUT2D eigenvalue weighted by Crippen LogP contribution is 2.33. The van der Waals surface area contributed by atoms with E-state index in [1.807, 2.05) is 19.2 Å². The molecule has 3 heterocycles. The first kappa shape index (κ1) is 18.8. The number of alkyl halides is 2. The van der Waals surface area contributed by atoms with Gasteiger partial charge in [0.05, 0.1) is 17.4 Å². The van der Waals surface area contributed by atoms with Gasteiger partial charge in [0.15, 0.2) is 0 Å². The Balaban J connectivity index is 1.90. The average molecular weight is 406 g/mol. The van der Waals surface area contributed by atoms with Crippen LogP contribution in [0.3, 0.4) is 0 Å². The van der Waals surface area contributed by atoms with Crippen LogP contribution in [0.5, 0.6) is 0 Å². The Bertz CT molecular complexity index is 1180. The Morgan fingerprint density at radius 1 is 1.18 bits per heavy atom. The number of nitrogens with zero attached hydrogens (tertiary/aromatic N) is 4. The number of aromatic nitrogens is 3. The Labute approximate surface area is 161 Å². The van der Waals surface area contributed by atoms with Gasteiger partial charge in [0.25, 0.3) is 10.0 Å². The van der Waals surface area contributed by atoms with Gasteiger partial charge in [0.1, 0.15) is 4.90 Å². The van der Waals surface area contributed by atoms with E-state index in [-0.39, 0.29) is 10.6 Å². The van der Waals surface area contributed by atoms with Crippen LogP contribution in [0.4, 0.5) is 8.78 Å². The normalized spacial score (nSPS) is 16.1. The molecule has 1 aliphatic rings. The first-order valence-electron chi connectivity index (χ1n) is 8.86. The average Bonchev–Trinajstić information content (AvgIpc) is 3.24. The van der Waals surface area contributed by atoms with Crippen LogP contribution in [0.1, 0.15) is 24.2 Å². The molecule has 0 spiro atoms. The van der Waals surface area contributed by atoms with Gasteiger partial charge in [-0.05, 0) is 32.0 Å². The van der Waals surface area contributed by atoms with Gasteiger partial charge >= 0.3 is 6.55 Å². The van der Waals surface area contributed by atoms with Crippen molar-refractivity contribution in [2.75, 3.05) is 20.1 Å². The standard InChI is InChI=1S/C19H20F2N4O2S/c1-13-18(12-24(22-13)19(20)21)28(26,27)25-11-16(14-7-9-23(2)10-8-14)15-5-3-4-6-17(15)25/h3-7,11-12,19H,8-10H2,1-2H3. The molecule has 0 bridgehead atoms. The van der Waals surface area contributed by atoms with Crippen molar-refractivity contribution in [1.29, 1.82) is 0 Å². The van der Waals surface area contributed by atoms with Gasteiger partial charge in [-0.25, -0.2) is 17.1 Å². The van der Waals surface area contributed by atoms with E-state index in [9.17, 15) is 17.2 Å². The Morgan fingerprint density at radius 2 is 1.93 bits per heavy atom. The Kier molecular flexibility index (Phi) is 4.59. The van der Waals surface area contributed by atoms with E-state index >= 15 is 0 Å². The van der Waals surface area contributed by atoms with E-state index < -0.39 is 16.6 Å². The maximum absolute atomic E-state index is 13.3. The van der Waals surface area contributed by atoms with E-state index in [2.05, 4.69) is 16.1 Å². The second kappa shape index (κ2) is 6.82. The largest absolute Gasteiger partial charge is 0.333 e. The molecular weight excluding hydrogens is 386 g/mol. The van der Waals surface area contributed by atoms with E-state index in [4.69, 9.17) is 0 Å². The molecule has 9 heteroatoms. The molecule has 0 saturated heterocycles. The van der Waals surface area contributed by atoms with E-state index in [0.717, 1.165) is 42.2 Å². The lowest BCUT2D eigenvalue weighted by molar-refractivity contribution is 0.0561. The van der Waals surface area contributed by atoms with E-state index in [1.165, 1.54) is 10.9 Å². The summed E-state index contributed by atoms with van der Waals surface area (Å²) in [5.41, 5.74) is 2.49. The minimum Gasteiger partial charge on any atom is -0.302 e. The summed E-state index contributed by atoms with van der Waals surface area (Å²) in [6, 6.07) is 7.22. The lowest BCUT2D eigenvalue weighted by Gasteiger charge is -2.21. The molecule has 148 valence electrons. The molecule has 2 aromatic heterocycles. The van der Waals surface area contributed by atoms with Crippen LogP contribution in [0.15, 0.2) is 47.6 Å². The minimum atomic E-state index is -4.08. The molecule has 28 heavy (non-hydrogen) atoms. The van der Waals surface area contributed by atoms with Crippen LogP contribution in [-0.4, -0.2) is 47.2 Å². The molecule has 1 aliphatic heterocycles. The third-order valence-electron chi connectivity index (χ3n) is 5.04. The van der Waals surface area contributed by atoms with E-state index in [0.29, 0.717) is 10.2 Å². The molecule has 0 amide bonds. The number of benzene rings is 1. The third kappa shape index (κ3) is 3.04. The second-order valence-electron chi connectivity index (χ2n) is 6.94. The molecule has 0 saturated carbocycles.